The number of carbonyl (C=O) groups is 1. The molecule has 0 fully saturated rings. The summed E-state index contributed by atoms with van der Waals surface area (Å²) in [6.45, 7) is 2.65. The second-order valence-corrected chi connectivity index (χ2v) is 8.35. The molecule has 1 atom stereocenters. The van der Waals surface area contributed by atoms with Gasteiger partial charge in [-0.15, -0.1) is 0 Å². The van der Waals surface area contributed by atoms with Crippen LogP contribution < -0.4 is 5.32 Å². The highest BCUT2D eigenvalue weighted by molar-refractivity contribution is 7.07. The average molecular weight is 395 g/mol. The molecule has 1 aliphatic carbocycles. The molecule has 1 aromatic carbocycles. The van der Waals surface area contributed by atoms with Crippen LogP contribution >= 0.6 is 11.3 Å². The molecule has 2 aromatic heterocycles. The number of para-hydroxylation sites is 1. The number of fused-ring (bicyclic) bond motifs is 1. The monoisotopic (exact) mass is 394 g/mol. The molecule has 5 nitrogen and oxygen atoms in total. The summed E-state index contributed by atoms with van der Waals surface area (Å²) in [6, 6.07) is 10.5. The standard InChI is InChI=1S/C22H26N4OS/c1-15-7-4-5-9-18(15)26-19-10-6-8-17(19)21(24-26)22(27)23-13-20(25(2)3)16-11-12-28-14-16/h4-5,7,9,11-12,14,20H,6,8,10,13H2,1-3H3,(H,23,27). The fraction of sp³-hybridized carbons (Fsp3) is 0.364. The normalized spacial score (nSPS) is 14.3. The van der Waals surface area contributed by atoms with Crippen molar-refractivity contribution in [3.05, 3.63) is 69.2 Å². The Balaban J connectivity index is 1.59. The lowest BCUT2D eigenvalue weighted by Crippen LogP contribution is -2.35. The van der Waals surface area contributed by atoms with Crippen LogP contribution in [0.25, 0.3) is 5.69 Å². The molecule has 0 aliphatic heterocycles. The molecular formula is C22H26N4OS. The van der Waals surface area contributed by atoms with Crippen molar-refractivity contribution >= 4 is 17.2 Å². The van der Waals surface area contributed by atoms with Crippen molar-refractivity contribution in [3.63, 3.8) is 0 Å². The Hall–Kier alpha value is -2.44. The number of rotatable bonds is 6. The second-order valence-electron chi connectivity index (χ2n) is 7.57. The molecular weight excluding hydrogens is 368 g/mol. The van der Waals surface area contributed by atoms with Crippen molar-refractivity contribution in [2.45, 2.75) is 32.2 Å². The van der Waals surface area contributed by atoms with Crippen LogP contribution in [0.4, 0.5) is 0 Å². The summed E-state index contributed by atoms with van der Waals surface area (Å²) in [5, 5.41) is 12.1. The first-order valence-corrected chi connectivity index (χ1v) is 10.6. The quantitative estimate of drug-likeness (QED) is 0.692. The van der Waals surface area contributed by atoms with Gasteiger partial charge in [-0.05, 0) is 74.3 Å². The fourth-order valence-corrected chi connectivity index (χ4v) is 4.66. The van der Waals surface area contributed by atoms with Crippen molar-refractivity contribution in [1.82, 2.24) is 20.0 Å². The highest BCUT2D eigenvalue weighted by atomic mass is 32.1. The third-order valence-electron chi connectivity index (χ3n) is 5.50. The van der Waals surface area contributed by atoms with Crippen molar-refractivity contribution in [2.75, 3.05) is 20.6 Å². The number of hydrogen-bond donors (Lipinski definition) is 1. The molecule has 1 aliphatic rings. The maximum Gasteiger partial charge on any atom is 0.272 e. The van der Waals surface area contributed by atoms with Crippen LogP contribution in [0.5, 0.6) is 0 Å². The third-order valence-corrected chi connectivity index (χ3v) is 6.20. The summed E-state index contributed by atoms with van der Waals surface area (Å²) < 4.78 is 1.98. The summed E-state index contributed by atoms with van der Waals surface area (Å²) in [5.41, 5.74) is 6.32. The SMILES string of the molecule is Cc1ccccc1-n1nc(C(=O)NCC(c2ccsc2)N(C)C)c2c1CCC2. The number of nitrogens with zero attached hydrogens (tertiary/aromatic N) is 3. The topological polar surface area (TPSA) is 50.2 Å². The highest BCUT2D eigenvalue weighted by Crippen LogP contribution is 2.29. The summed E-state index contributed by atoms with van der Waals surface area (Å²) in [5.74, 6) is -0.0763. The van der Waals surface area contributed by atoms with Gasteiger partial charge < -0.3 is 10.2 Å². The summed E-state index contributed by atoms with van der Waals surface area (Å²) >= 11 is 1.68. The second kappa shape index (κ2) is 7.89. The highest BCUT2D eigenvalue weighted by Gasteiger charge is 2.28. The zero-order chi connectivity index (χ0) is 19.7. The molecule has 0 saturated carbocycles. The van der Waals surface area contributed by atoms with E-state index in [1.807, 2.05) is 30.9 Å². The van der Waals surface area contributed by atoms with Crippen molar-refractivity contribution in [1.29, 1.82) is 0 Å². The van der Waals surface area contributed by atoms with Crippen molar-refractivity contribution in [2.24, 2.45) is 0 Å². The molecule has 0 saturated heterocycles. The zero-order valence-corrected chi connectivity index (χ0v) is 17.4. The zero-order valence-electron chi connectivity index (χ0n) is 16.6. The summed E-state index contributed by atoms with van der Waals surface area (Å²) in [7, 11) is 4.08. The van der Waals surface area contributed by atoms with Crippen LogP contribution in [-0.4, -0.2) is 41.2 Å². The minimum absolute atomic E-state index is 0.0763. The fourth-order valence-electron chi connectivity index (χ4n) is 3.96. The largest absolute Gasteiger partial charge is 0.349 e. The van der Waals surface area contributed by atoms with Crippen molar-refractivity contribution < 1.29 is 4.79 Å². The summed E-state index contributed by atoms with van der Waals surface area (Å²) in [4.78, 5) is 15.2. The number of aromatic nitrogens is 2. The first kappa shape index (κ1) is 18.9. The van der Waals surface area contributed by atoms with Crippen LogP contribution in [0.3, 0.4) is 0 Å². The lowest BCUT2D eigenvalue weighted by molar-refractivity contribution is 0.0935. The van der Waals surface area contributed by atoms with E-state index in [0.717, 1.165) is 36.1 Å². The molecule has 1 unspecified atom stereocenters. The van der Waals surface area contributed by atoms with Gasteiger partial charge in [0.15, 0.2) is 5.69 Å². The smallest absolute Gasteiger partial charge is 0.272 e. The molecule has 6 heteroatoms. The Kier molecular flexibility index (Phi) is 5.33. The van der Waals surface area contributed by atoms with Gasteiger partial charge in [0.25, 0.3) is 5.91 Å². The van der Waals surface area contributed by atoms with Crippen LogP contribution in [0.2, 0.25) is 0 Å². The number of carbonyl (C=O) groups excluding carboxylic acids is 1. The number of aryl methyl sites for hydroxylation is 1. The molecule has 28 heavy (non-hydrogen) atoms. The Morgan fingerprint density at radius 2 is 2.11 bits per heavy atom. The van der Waals surface area contributed by atoms with Crippen LogP contribution in [0, 0.1) is 6.92 Å². The Labute approximate surface area is 170 Å². The predicted molar refractivity (Wildman–Crippen MR) is 113 cm³/mol. The number of hydrogen-bond acceptors (Lipinski definition) is 4. The number of benzene rings is 1. The molecule has 1 amide bonds. The van der Waals surface area contributed by atoms with E-state index in [1.165, 1.54) is 11.3 Å². The van der Waals surface area contributed by atoms with E-state index in [0.29, 0.717) is 12.2 Å². The van der Waals surface area contributed by atoms with Gasteiger partial charge in [-0.2, -0.15) is 16.4 Å². The van der Waals surface area contributed by atoms with Gasteiger partial charge in [-0.1, -0.05) is 18.2 Å². The molecule has 2 heterocycles. The molecule has 146 valence electrons. The van der Waals surface area contributed by atoms with Crippen LogP contribution in [-0.2, 0) is 12.8 Å². The van der Waals surface area contributed by atoms with Gasteiger partial charge >= 0.3 is 0 Å². The van der Waals surface area contributed by atoms with Gasteiger partial charge in [0.05, 0.1) is 11.7 Å². The molecule has 3 aromatic rings. The van der Waals surface area contributed by atoms with E-state index >= 15 is 0 Å². The van der Waals surface area contributed by atoms with E-state index in [2.05, 4.69) is 46.1 Å². The number of amides is 1. The molecule has 1 N–H and O–H groups in total. The Bertz CT molecular complexity index is 975. The molecule has 0 radical (unpaired) electrons. The van der Waals surface area contributed by atoms with Gasteiger partial charge in [-0.3, -0.25) is 4.79 Å². The van der Waals surface area contributed by atoms with Gasteiger partial charge in [0.1, 0.15) is 0 Å². The maximum atomic E-state index is 13.0. The van der Waals surface area contributed by atoms with Gasteiger partial charge in [-0.25, -0.2) is 4.68 Å². The van der Waals surface area contributed by atoms with Crippen LogP contribution in [0.15, 0.2) is 41.1 Å². The number of likely N-dealkylation sites (N-methyl/N-ethyl adjacent to an activating group) is 1. The minimum atomic E-state index is -0.0763. The van der Waals surface area contributed by atoms with Crippen LogP contribution in [0.1, 0.15) is 45.3 Å². The average Bonchev–Trinajstić information content (AvgIpc) is 3.40. The molecule has 0 bridgehead atoms. The van der Waals surface area contributed by atoms with E-state index in [-0.39, 0.29) is 11.9 Å². The Morgan fingerprint density at radius 1 is 1.29 bits per heavy atom. The minimum Gasteiger partial charge on any atom is -0.349 e. The number of nitrogens with one attached hydrogen (secondary N) is 1. The van der Waals surface area contributed by atoms with Gasteiger partial charge in [0, 0.05) is 17.8 Å². The van der Waals surface area contributed by atoms with E-state index in [1.54, 1.807) is 11.3 Å². The lowest BCUT2D eigenvalue weighted by Gasteiger charge is -2.23. The van der Waals surface area contributed by atoms with E-state index < -0.39 is 0 Å². The van der Waals surface area contributed by atoms with Gasteiger partial charge in [0.2, 0.25) is 0 Å². The molecule has 4 rings (SSSR count). The number of thiophene rings is 1. The molecule has 0 spiro atoms. The van der Waals surface area contributed by atoms with E-state index in [4.69, 9.17) is 5.10 Å². The Morgan fingerprint density at radius 3 is 2.82 bits per heavy atom. The third kappa shape index (κ3) is 3.50. The maximum absolute atomic E-state index is 13.0. The first-order valence-electron chi connectivity index (χ1n) is 9.69. The van der Waals surface area contributed by atoms with Crippen molar-refractivity contribution in [3.8, 4) is 5.69 Å². The summed E-state index contributed by atoms with van der Waals surface area (Å²) in [6.07, 6.45) is 2.97. The van der Waals surface area contributed by atoms with E-state index in [9.17, 15) is 4.79 Å². The predicted octanol–water partition coefficient (Wildman–Crippen LogP) is 3.76. The lowest BCUT2D eigenvalue weighted by atomic mass is 10.1. The first-order chi connectivity index (χ1) is 13.6.